The largest absolute Gasteiger partial charge is 0.335 e. The molecule has 116 valence electrons. The van der Waals surface area contributed by atoms with Gasteiger partial charge in [-0.05, 0) is 25.0 Å². The highest BCUT2D eigenvalue weighted by Gasteiger charge is 2.21. The van der Waals surface area contributed by atoms with Gasteiger partial charge < -0.3 is 5.32 Å². The van der Waals surface area contributed by atoms with Gasteiger partial charge in [0.1, 0.15) is 0 Å². The SMILES string of the molecule is CC(=O)Nc1nc2ccccc2n1C(=O)NC1CCCCC1. The summed E-state index contributed by atoms with van der Waals surface area (Å²) in [6.45, 7) is 1.41. The number of amides is 2. The summed E-state index contributed by atoms with van der Waals surface area (Å²) < 4.78 is 1.45. The molecule has 6 nitrogen and oxygen atoms in total. The molecule has 1 fully saturated rings. The number of carbonyl (C=O) groups is 2. The molecule has 1 aliphatic carbocycles. The molecule has 0 saturated heterocycles. The predicted octanol–water partition coefficient (Wildman–Crippen LogP) is 2.89. The highest BCUT2D eigenvalue weighted by atomic mass is 16.2. The molecule has 2 amide bonds. The Morgan fingerprint density at radius 2 is 1.91 bits per heavy atom. The summed E-state index contributed by atoms with van der Waals surface area (Å²) in [5.74, 6) is 0.0176. The molecule has 0 radical (unpaired) electrons. The minimum Gasteiger partial charge on any atom is -0.335 e. The summed E-state index contributed by atoms with van der Waals surface area (Å²) in [6, 6.07) is 7.33. The summed E-state index contributed by atoms with van der Waals surface area (Å²) in [4.78, 5) is 28.3. The van der Waals surface area contributed by atoms with Gasteiger partial charge in [-0.3, -0.25) is 10.1 Å². The quantitative estimate of drug-likeness (QED) is 0.895. The fourth-order valence-electron chi connectivity index (χ4n) is 2.96. The zero-order valence-corrected chi connectivity index (χ0v) is 12.6. The second-order valence-electron chi connectivity index (χ2n) is 5.73. The second-order valence-corrected chi connectivity index (χ2v) is 5.73. The first-order valence-corrected chi connectivity index (χ1v) is 7.71. The Morgan fingerprint density at radius 1 is 1.18 bits per heavy atom. The van der Waals surface area contributed by atoms with Gasteiger partial charge in [0.05, 0.1) is 11.0 Å². The van der Waals surface area contributed by atoms with Crippen LogP contribution in [0.2, 0.25) is 0 Å². The summed E-state index contributed by atoms with van der Waals surface area (Å²) in [6.07, 6.45) is 5.54. The highest BCUT2D eigenvalue weighted by molar-refractivity contribution is 5.97. The molecular formula is C16H20N4O2. The summed E-state index contributed by atoms with van der Waals surface area (Å²) in [5.41, 5.74) is 1.38. The number of hydrogen-bond acceptors (Lipinski definition) is 3. The summed E-state index contributed by atoms with van der Waals surface area (Å²) >= 11 is 0. The molecule has 2 aromatic rings. The Morgan fingerprint density at radius 3 is 2.64 bits per heavy atom. The van der Waals surface area contributed by atoms with E-state index in [1.807, 2.05) is 24.3 Å². The third-order valence-electron chi connectivity index (χ3n) is 3.98. The van der Waals surface area contributed by atoms with Gasteiger partial charge >= 0.3 is 6.03 Å². The molecular weight excluding hydrogens is 280 g/mol. The van der Waals surface area contributed by atoms with Crippen molar-refractivity contribution in [3.63, 3.8) is 0 Å². The summed E-state index contributed by atoms with van der Waals surface area (Å²) in [5, 5.41) is 5.69. The van der Waals surface area contributed by atoms with Crippen LogP contribution in [0, 0.1) is 0 Å². The Kier molecular flexibility index (Phi) is 4.09. The third-order valence-corrected chi connectivity index (χ3v) is 3.98. The highest BCUT2D eigenvalue weighted by Crippen LogP contribution is 2.21. The van der Waals surface area contributed by atoms with E-state index in [4.69, 9.17) is 0 Å². The van der Waals surface area contributed by atoms with Crippen molar-refractivity contribution in [3.8, 4) is 0 Å². The number of rotatable bonds is 2. The first kappa shape index (κ1) is 14.6. The van der Waals surface area contributed by atoms with E-state index in [2.05, 4.69) is 15.6 Å². The van der Waals surface area contributed by atoms with Crippen LogP contribution >= 0.6 is 0 Å². The molecule has 1 aliphatic rings. The van der Waals surface area contributed by atoms with Crippen molar-refractivity contribution in [3.05, 3.63) is 24.3 Å². The maximum absolute atomic E-state index is 12.7. The molecule has 2 N–H and O–H groups in total. The van der Waals surface area contributed by atoms with Crippen molar-refractivity contribution in [1.82, 2.24) is 14.9 Å². The van der Waals surface area contributed by atoms with Crippen LogP contribution in [0.25, 0.3) is 11.0 Å². The van der Waals surface area contributed by atoms with Gasteiger partial charge in [-0.15, -0.1) is 0 Å². The van der Waals surface area contributed by atoms with Gasteiger partial charge in [-0.25, -0.2) is 14.3 Å². The normalized spacial score (nSPS) is 15.7. The van der Waals surface area contributed by atoms with Gasteiger partial charge in [0, 0.05) is 13.0 Å². The van der Waals surface area contributed by atoms with Gasteiger partial charge in [0.2, 0.25) is 11.9 Å². The van der Waals surface area contributed by atoms with Crippen LogP contribution in [0.4, 0.5) is 10.7 Å². The van der Waals surface area contributed by atoms with E-state index < -0.39 is 0 Å². The molecule has 0 spiro atoms. The third kappa shape index (κ3) is 2.95. The molecule has 0 bridgehead atoms. The number of fused-ring (bicyclic) bond motifs is 1. The van der Waals surface area contributed by atoms with Crippen molar-refractivity contribution in [2.45, 2.75) is 45.1 Å². The standard InChI is InChI=1S/C16H20N4O2/c1-11(21)17-15-19-13-9-5-6-10-14(13)20(15)16(22)18-12-7-3-2-4-8-12/h5-6,9-10,12H,2-4,7-8H2,1H3,(H,18,22)(H,17,19,21). The maximum Gasteiger partial charge on any atom is 0.329 e. The van der Waals surface area contributed by atoms with Crippen LogP contribution in [-0.2, 0) is 4.79 Å². The zero-order valence-electron chi connectivity index (χ0n) is 12.6. The average molecular weight is 300 g/mol. The molecule has 1 heterocycles. The van der Waals surface area contributed by atoms with Gasteiger partial charge in [0.25, 0.3) is 0 Å². The molecule has 1 saturated carbocycles. The fraction of sp³-hybridized carbons (Fsp3) is 0.438. The number of hydrogen-bond donors (Lipinski definition) is 2. The molecule has 0 aliphatic heterocycles. The molecule has 22 heavy (non-hydrogen) atoms. The molecule has 6 heteroatoms. The van der Waals surface area contributed by atoms with E-state index in [-0.39, 0.29) is 23.9 Å². The monoisotopic (exact) mass is 300 g/mol. The Balaban J connectivity index is 1.92. The van der Waals surface area contributed by atoms with Gasteiger partial charge in [-0.1, -0.05) is 31.4 Å². The molecule has 0 unspecified atom stereocenters. The minimum atomic E-state index is -0.248. The van der Waals surface area contributed by atoms with Crippen molar-refractivity contribution in [2.75, 3.05) is 5.32 Å². The second kappa shape index (κ2) is 6.17. The number of nitrogens with one attached hydrogen (secondary N) is 2. The number of para-hydroxylation sites is 2. The predicted molar refractivity (Wildman–Crippen MR) is 84.8 cm³/mol. The number of imidazole rings is 1. The Bertz CT molecular complexity index is 701. The van der Waals surface area contributed by atoms with Crippen molar-refractivity contribution in [1.29, 1.82) is 0 Å². The number of anilines is 1. The average Bonchev–Trinajstić information content (AvgIpc) is 2.85. The van der Waals surface area contributed by atoms with E-state index in [9.17, 15) is 9.59 Å². The number of carbonyl (C=O) groups excluding carboxylic acids is 2. The van der Waals surface area contributed by atoms with Crippen LogP contribution in [0.3, 0.4) is 0 Å². The number of nitrogens with zero attached hydrogens (tertiary/aromatic N) is 2. The van der Waals surface area contributed by atoms with Crippen molar-refractivity contribution >= 4 is 28.9 Å². The lowest BCUT2D eigenvalue weighted by Crippen LogP contribution is -2.39. The topological polar surface area (TPSA) is 76.0 Å². The van der Waals surface area contributed by atoms with E-state index in [1.54, 1.807) is 0 Å². The number of aromatic nitrogens is 2. The van der Waals surface area contributed by atoms with E-state index >= 15 is 0 Å². The number of benzene rings is 1. The molecule has 1 aromatic carbocycles. The van der Waals surface area contributed by atoms with E-state index in [0.29, 0.717) is 11.0 Å². The van der Waals surface area contributed by atoms with Crippen LogP contribution in [0.15, 0.2) is 24.3 Å². The first-order valence-electron chi connectivity index (χ1n) is 7.71. The zero-order chi connectivity index (χ0) is 15.5. The minimum absolute atomic E-state index is 0.201. The van der Waals surface area contributed by atoms with Crippen LogP contribution in [0.5, 0.6) is 0 Å². The van der Waals surface area contributed by atoms with E-state index in [1.165, 1.54) is 17.9 Å². The lowest BCUT2D eigenvalue weighted by Gasteiger charge is -2.23. The molecule has 1 aromatic heterocycles. The fourth-order valence-corrected chi connectivity index (χ4v) is 2.96. The van der Waals surface area contributed by atoms with E-state index in [0.717, 1.165) is 25.7 Å². The Labute approximate surface area is 128 Å². The lowest BCUT2D eigenvalue weighted by molar-refractivity contribution is -0.114. The van der Waals surface area contributed by atoms with Crippen molar-refractivity contribution in [2.24, 2.45) is 0 Å². The Hall–Kier alpha value is -2.37. The lowest BCUT2D eigenvalue weighted by atomic mass is 9.96. The maximum atomic E-state index is 12.7. The molecule has 0 atom stereocenters. The smallest absolute Gasteiger partial charge is 0.329 e. The molecule has 3 rings (SSSR count). The van der Waals surface area contributed by atoms with Crippen LogP contribution in [-0.4, -0.2) is 27.5 Å². The van der Waals surface area contributed by atoms with Gasteiger partial charge in [0.15, 0.2) is 0 Å². The van der Waals surface area contributed by atoms with Gasteiger partial charge in [-0.2, -0.15) is 0 Å². The van der Waals surface area contributed by atoms with Crippen LogP contribution < -0.4 is 10.6 Å². The summed E-state index contributed by atoms with van der Waals surface area (Å²) in [7, 11) is 0. The first-order chi connectivity index (χ1) is 10.6. The van der Waals surface area contributed by atoms with Crippen molar-refractivity contribution < 1.29 is 9.59 Å². The van der Waals surface area contributed by atoms with Crippen LogP contribution in [0.1, 0.15) is 39.0 Å².